The number of amidine groups is 1. The van der Waals surface area contributed by atoms with E-state index in [1.54, 1.807) is 36.6 Å². The molecule has 0 saturated carbocycles. The summed E-state index contributed by atoms with van der Waals surface area (Å²) in [5.41, 5.74) is 1.54. The van der Waals surface area contributed by atoms with Gasteiger partial charge in [-0.25, -0.2) is 4.99 Å². The number of thioether (sulfide) groups is 1. The van der Waals surface area contributed by atoms with Gasteiger partial charge in [-0.2, -0.15) is 5.26 Å². The Morgan fingerprint density at radius 1 is 1.12 bits per heavy atom. The minimum atomic E-state index is -0.275. The van der Waals surface area contributed by atoms with Crippen molar-refractivity contribution in [1.29, 1.82) is 5.26 Å². The Morgan fingerprint density at radius 2 is 1.72 bits per heavy atom. The highest BCUT2D eigenvalue weighted by molar-refractivity contribution is 9.11. The molecule has 0 fully saturated rings. The number of nitrogens with zero attached hydrogens (tertiary/aromatic N) is 2. The van der Waals surface area contributed by atoms with Crippen LogP contribution in [0, 0.1) is 11.5 Å². The standard InChI is InChI=1S/C17H9Br2N3O2S/c1-25-17(21-7-20)22-14-11(19)6-10(18)12-13(14)16(24)9-5-3-2-4-8(9)15(12)23/h2-6H,1H3,(H,21,22). The number of aliphatic imine (C=N–C) groups is 1. The second-order valence-electron chi connectivity index (χ2n) is 5.00. The van der Waals surface area contributed by atoms with Gasteiger partial charge in [-0.15, -0.1) is 0 Å². The van der Waals surface area contributed by atoms with E-state index >= 15 is 0 Å². The Hall–Kier alpha value is -1.95. The molecule has 0 heterocycles. The van der Waals surface area contributed by atoms with E-state index in [0.29, 0.717) is 30.9 Å². The smallest absolute Gasteiger partial charge is 0.196 e. The molecule has 5 nitrogen and oxygen atoms in total. The van der Waals surface area contributed by atoms with Crippen molar-refractivity contribution in [2.45, 2.75) is 0 Å². The van der Waals surface area contributed by atoms with Crippen LogP contribution in [-0.2, 0) is 0 Å². The van der Waals surface area contributed by atoms with E-state index in [4.69, 9.17) is 5.26 Å². The molecular formula is C17H9Br2N3O2S. The van der Waals surface area contributed by atoms with Crippen LogP contribution in [-0.4, -0.2) is 23.0 Å². The molecule has 1 aliphatic rings. The van der Waals surface area contributed by atoms with Gasteiger partial charge in [0.15, 0.2) is 22.9 Å². The highest BCUT2D eigenvalue weighted by Gasteiger charge is 2.34. The molecule has 8 heteroatoms. The van der Waals surface area contributed by atoms with Crippen LogP contribution in [0.1, 0.15) is 31.8 Å². The lowest BCUT2D eigenvalue weighted by Gasteiger charge is -2.21. The number of halogens is 2. The van der Waals surface area contributed by atoms with Crippen LogP contribution in [0.25, 0.3) is 0 Å². The first-order chi connectivity index (χ1) is 12.0. The van der Waals surface area contributed by atoms with Crippen LogP contribution < -0.4 is 5.32 Å². The zero-order valence-electron chi connectivity index (χ0n) is 12.8. The van der Waals surface area contributed by atoms with E-state index in [1.807, 2.05) is 6.19 Å². The van der Waals surface area contributed by atoms with Crippen LogP contribution in [0.15, 0.2) is 44.3 Å². The Kier molecular flexibility index (Phi) is 5.08. The average Bonchev–Trinajstić information content (AvgIpc) is 2.61. The quantitative estimate of drug-likeness (QED) is 0.242. The third kappa shape index (κ3) is 3.03. The second kappa shape index (κ2) is 7.12. The summed E-state index contributed by atoms with van der Waals surface area (Å²) in [6.45, 7) is 0. The number of nitrogens with one attached hydrogen (secondary N) is 1. The van der Waals surface area contributed by atoms with Gasteiger partial charge in [0, 0.05) is 20.1 Å². The SMILES string of the molecule is CSC(=Nc1c(Br)cc(Br)c2c1C(=O)c1ccccc1C2=O)NC#N. The summed E-state index contributed by atoms with van der Waals surface area (Å²) < 4.78 is 1.06. The van der Waals surface area contributed by atoms with Gasteiger partial charge >= 0.3 is 0 Å². The molecule has 0 aromatic heterocycles. The second-order valence-corrected chi connectivity index (χ2v) is 7.50. The lowest BCUT2D eigenvalue weighted by molar-refractivity contribution is 0.0979. The van der Waals surface area contributed by atoms with Gasteiger partial charge in [0.2, 0.25) is 0 Å². The summed E-state index contributed by atoms with van der Waals surface area (Å²) in [5, 5.41) is 11.6. The number of nitriles is 1. The maximum absolute atomic E-state index is 13.1. The normalized spacial score (nSPS) is 13.1. The summed E-state index contributed by atoms with van der Waals surface area (Å²) in [6, 6.07) is 8.39. The summed E-state index contributed by atoms with van der Waals surface area (Å²) in [7, 11) is 0. The molecule has 0 aliphatic heterocycles. The Bertz CT molecular complexity index is 996. The molecule has 0 spiro atoms. The predicted molar refractivity (Wildman–Crippen MR) is 105 cm³/mol. The molecule has 124 valence electrons. The molecule has 3 rings (SSSR count). The summed E-state index contributed by atoms with van der Waals surface area (Å²) in [4.78, 5) is 30.3. The molecule has 1 N–H and O–H groups in total. The van der Waals surface area contributed by atoms with Gasteiger partial charge in [0.1, 0.15) is 0 Å². The number of hydrogen-bond donors (Lipinski definition) is 1. The molecule has 1 aliphatic carbocycles. The Balaban J connectivity index is 2.33. The van der Waals surface area contributed by atoms with Gasteiger partial charge in [-0.3, -0.25) is 14.9 Å². The van der Waals surface area contributed by atoms with E-state index in [-0.39, 0.29) is 22.7 Å². The van der Waals surface area contributed by atoms with Crippen molar-refractivity contribution in [3.8, 4) is 6.19 Å². The monoisotopic (exact) mass is 477 g/mol. The Labute approximate surface area is 164 Å². The fourth-order valence-electron chi connectivity index (χ4n) is 2.58. The van der Waals surface area contributed by atoms with Gasteiger partial charge in [-0.05, 0) is 44.2 Å². The van der Waals surface area contributed by atoms with E-state index in [2.05, 4.69) is 42.2 Å². The topological polar surface area (TPSA) is 82.3 Å². The molecule has 0 atom stereocenters. The van der Waals surface area contributed by atoms with Gasteiger partial charge in [0.25, 0.3) is 0 Å². The number of carbonyl (C=O) groups excluding carboxylic acids is 2. The number of benzene rings is 2. The first-order valence-electron chi connectivity index (χ1n) is 6.97. The summed E-state index contributed by atoms with van der Waals surface area (Å²) in [5.74, 6) is -0.511. The number of rotatable bonds is 1. The van der Waals surface area contributed by atoms with Crippen LogP contribution in [0.5, 0.6) is 0 Å². The van der Waals surface area contributed by atoms with Gasteiger partial charge < -0.3 is 0 Å². The maximum Gasteiger partial charge on any atom is 0.196 e. The minimum Gasteiger partial charge on any atom is -0.289 e. The molecule has 2 aromatic rings. The zero-order valence-corrected chi connectivity index (χ0v) is 16.8. The van der Waals surface area contributed by atoms with E-state index in [0.717, 1.165) is 0 Å². The van der Waals surface area contributed by atoms with Crippen molar-refractivity contribution in [3.63, 3.8) is 0 Å². The molecular weight excluding hydrogens is 470 g/mol. The first-order valence-corrected chi connectivity index (χ1v) is 9.78. The largest absolute Gasteiger partial charge is 0.289 e. The molecule has 2 aromatic carbocycles. The lowest BCUT2D eigenvalue weighted by atomic mass is 9.83. The predicted octanol–water partition coefficient (Wildman–Crippen LogP) is 4.41. The fourth-order valence-corrected chi connectivity index (χ4v) is 4.34. The number of ketones is 2. The van der Waals surface area contributed by atoms with Crippen LogP contribution >= 0.6 is 43.6 Å². The molecule has 25 heavy (non-hydrogen) atoms. The van der Waals surface area contributed by atoms with Crippen LogP contribution in [0.3, 0.4) is 0 Å². The lowest BCUT2D eigenvalue weighted by Crippen LogP contribution is -2.22. The van der Waals surface area contributed by atoms with Crippen molar-refractivity contribution < 1.29 is 9.59 Å². The number of carbonyl (C=O) groups is 2. The minimum absolute atomic E-state index is 0.219. The van der Waals surface area contributed by atoms with Crippen molar-refractivity contribution in [3.05, 3.63) is 61.5 Å². The van der Waals surface area contributed by atoms with Crippen molar-refractivity contribution in [2.75, 3.05) is 6.26 Å². The summed E-state index contributed by atoms with van der Waals surface area (Å²) >= 11 is 8.01. The van der Waals surface area contributed by atoms with Crippen LogP contribution in [0.4, 0.5) is 5.69 Å². The van der Waals surface area contributed by atoms with E-state index < -0.39 is 0 Å². The van der Waals surface area contributed by atoms with Crippen LogP contribution in [0.2, 0.25) is 0 Å². The highest BCUT2D eigenvalue weighted by Crippen LogP contribution is 2.42. The summed E-state index contributed by atoms with van der Waals surface area (Å²) in [6.07, 6.45) is 3.56. The third-order valence-electron chi connectivity index (χ3n) is 3.65. The number of fused-ring (bicyclic) bond motifs is 2. The van der Waals surface area contributed by atoms with Crippen molar-refractivity contribution in [1.82, 2.24) is 5.32 Å². The zero-order chi connectivity index (χ0) is 18.1. The first kappa shape index (κ1) is 17.9. The van der Waals surface area contributed by atoms with Gasteiger partial charge in [0.05, 0.1) is 16.8 Å². The van der Waals surface area contributed by atoms with E-state index in [1.165, 1.54) is 11.8 Å². The molecule has 0 radical (unpaired) electrons. The fraction of sp³-hybridized carbons (Fsp3) is 0.0588. The molecule has 0 saturated heterocycles. The van der Waals surface area contributed by atoms with Crippen molar-refractivity contribution in [2.24, 2.45) is 4.99 Å². The Morgan fingerprint density at radius 3 is 2.28 bits per heavy atom. The average molecular weight is 479 g/mol. The van der Waals surface area contributed by atoms with Gasteiger partial charge in [-0.1, -0.05) is 36.0 Å². The number of hydrogen-bond acceptors (Lipinski definition) is 5. The molecule has 0 unspecified atom stereocenters. The maximum atomic E-state index is 13.1. The van der Waals surface area contributed by atoms with Crippen molar-refractivity contribution >= 4 is 66.0 Å². The molecule has 0 amide bonds. The van der Waals surface area contributed by atoms with E-state index in [9.17, 15) is 9.59 Å². The highest BCUT2D eigenvalue weighted by atomic mass is 79.9. The third-order valence-corrected chi connectivity index (χ3v) is 5.46. The molecule has 0 bridgehead atoms.